The van der Waals surface area contributed by atoms with Gasteiger partial charge in [0.25, 0.3) is 0 Å². The van der Waals surface area contributed by atoms with Crippen LogP contribution in [0.4, 0.5) is 0 Å². The van der Waals surface area contributed by atoms with Gasteiger partial charge in [-0.25, -0.2) is 8.42 Å². The van der Waals surface area contributed by atoms with Crippen LogP contribution in [-0.4, -0.2) is 68.0 Å². The van der Waals surface area contributed by atoms with E-state index in [9.17, 15) is 18.3 Å². The molecule has 2 aliphatic rings. The molecule has 2 fully saturated rings. The van der Waals surface area contributed by atoms with Crippen molar-refractivity contribution < 1.29 is 18.3 Å². The van der Waals surface area contributed by atoms with Crippen molar-refractivity contribution in [1.29, 1.82) is 0 Å². The van der Waals surface area contributed by atoms with Gasteiger partial charge in [0.1, 0.15) is 0 Å². The van der Waals surface area contributed by atoms with Crippen molar-refractivity contribution in [2.75, 3.05) is 33.3 Å². The summed E-state index contributed by atoms with van der Waals surface area (Å²) >= 11 is 0. The number of nitrogens with zero attached hydrogens (tertiary/aromatic N) is 2. The number of nitrogens with two attached hydrogens (primary N) is 1. The van der Waals surface area contributed by atoms with E-state index < -0.39 is 15.9 Å². The van der Waals surface area contributed by atoms with E-state index in [0.717, 1.165) is 19.4 Å². The number of fused-ring (bicyclic) bond motifs is 1. The number of hydrogen-bond donors (Lipinski definition) is 2. The first-order valence-corrected chi connectivity index (χ1v) is 9.95. The fourth-order valence-electron chi connectivity index (χ4n) is 4.15. The summed E-state index contributed by atoms with van der Waals surface area (Å²) in [6.07, 6.45) is 2.60. The zero-order valence-electron chi connectivity index (χ0n) is 14.4. The van der Waals surface area contributed by atoms with E-state index in [2.05, 4.69) is 4.90 Å². The zero-order chi connectivity index (χ0) is 18.2. The number of piperidine rings is 2. The molecule has 2 aliphatic heterocycles. The van der Waals surface area contributed by atoms with Gasteiger partial charge in [-0.05, 0) is 57.1 Å². The van der Waals surface area contributed by atoms with E-state index in [1.807, 2.05) is 7.05 Å². The summed E-state index contributed by atoms with van der Waals surface area (Å²) < 4.78 is 27.4. The topological polar surface area (TPSA) is 104 Å². The summed E-state index contributed by atoms with van der Waals surface area (Å²) in [5.74, 6) is -0.585. The van der Waals surface area contributed by atoms with Crippen molar-refractivity contribution in [3.63, 3.8) is 0 Å². The number of likely N-dealkylation sites (tertiary alicyclic amines) is 1. The lowest BCUT2D eigenvalue weighted by Crippen LogP contribution is -2.62. The molecule has 138 valence electrons. The summed E-state index contributed by atoms with van der Waals surface area (Å²) in [6.45, 7) is 1.76. The lowest BCUT2D eigenvalue weighted by molar-refractivity contribution is -0.0508. The van der Waals surface area contributed by atoms with E-state index in [1.54, 1.807) is 0 Å². The maximum Gasteiger partial charge on any atom is 0.248 e. The monoisotopic (exact) mass is 367 g/mol. The van der Waals surface area contributed by atoms with Crippen LogP contribution in [0.2, 0.25) is 0 Å². The third-order valence-corrected chi connectivity index (χ3v) is 7.63. The number of primary amides is 1. The highest BCUT2D eigenvalue weighted by atomic mass is 32.2. The number of rotatable bonds is 4. The second-order valence-corrected chi connectivity index (χ2v) is 9.06. The Balaban J connectivity index is 1.85. The molecule has 7 nitrogen and oxygen atoms in total. The molecule has 1 aromatic carbocycles. The molecule has 3 N–H and O–H groups in total. The normalized spacial score (nSPS) is 28.5. The third kappa shape index (κ3) is 3.19. The summed E-state index contributed by atoms with van der Waals surface area (Å²) in [5, 5.41) is 9.94. The molecular weight excluding hydrogens is 342 g/mol. The number of aliphatic hydroxyl groups is 1. The van der Waals surface area contributed by atoms with Gasteiger partial charge in [-0.15, -0.1) is 0 Å². The zero-order valence-corrected chi connectivity index (χ0v) is 15.2. The van der Waals surface area contributed by atoms with Gasteiger partial charge < -0.3 is 15.7 Å². The van der Waals surface area contributed by atoms with Gasteiger partial charge >= 0.3 is 0 Å². The van der Waals surface area contributed by atoms with Crippen LogP contribution in [0.5, 0.6) is 0 Å². The standard InChI is InChI=1S/C17H25N3O4S/c1-19-9-2-7-17(12-21)8-10-20(11-15(17)19)25(23,24)14-5-3-13(4-6-14)16(18)22/h3-6,15,21H,2,7-12H2,1H3,(H2,18,22)/t15-,17-/m1/s1. The van der Waals surface area contributed by atoms with Crippen molar-refractivity contribution >= 4 is 15.9 Å². The van der Waals surface area contributed by atoms with Crippen molar-refractivity contribution in [3.05, 3.63) is 29.8 Å². The molecule has 8 heteroatoms. The van der Waals surface area contributed by atoms with Gasteiger partial charge in [0.05, 0.1) is 11.5 Å². The lowest BCUT2D eigenvalue weighted by atomic mass is 9.69. The molecule has 0 bridgehead atoms. The summed E-state index contributed by atoms with van der Waals surface area (Å²) in [6, 6.07) is 5.73. The van der Waals surface area contributed by atoms with Gasteiger partial charge in [-0.3, -0.25) is 4.79 Å². The van der Waals surface area contributed by atoms with Crippen molar-refractivity contribution in [2.45, 2.75) is 30.2 Å². The molecule has 1 amide bonds. The average Bonchev–Trinajstić information content (AvgIpc) is 2.61. The second kappa shape index (κ2) is 6.68. The van der Waals surface area contributed by atoms with Crippen molar-refractivity contribution in [3.8, 4) is 0 Å². The van der Waals surface area contributed by atoms with E-state index in [-0.39, 0.29) is 28.5 Å². The Kier molecular flexibility index (Phi) is 4.89. The fraction of sp³-hybridized carbons (Fsp3) is 0.588. The first-order valence-electron chi connectivity index (χ1n) is 8.51. The SMILES string of the molecule is CN1CCC[C@]2(CO)CCN(S(=O)(=O)c3ccc(C(N)=O)cc3)C[C@@H]12. The minimum absolute atomic E-state index is 0.0136. The Hall–Kier alpha value is -1.48. The molecule has 25 heavy (non-hydrogen) atoms. The Morgan fingerprint density at radius 1 is 1.28 bits per heavy atom. The summed E-state index contributed by atoms with van der Waals surface area (Å²) in [7, 11) is -1.65. The molecule has 0 aromatic heterocycles. The molecular formula is C17H25N3O4S. The Morgan fingerprint density at radius 3 is 2.56 bits per heavy atom. The number of amides is 1. The molecule has 2 heterocycles. The van der Waals surface area contributed by atoms with Crippen LogP contribution in [0.15, 0.2) is 29.2 Å². The molecule has 0 saturated carbocycles. The van der Waals surface area contributed by atoms with Gasteiger partial charge in [0, 0.05) is 30.1 Å². The van der Waals surface area contributed by atoms with Gasteiger partial charge in [-0.1, -0.05) is 0 Å². The number of likely N-dealkylation sites (N-methyl/N-ethyl adjacent to an activating group) is 1. The molecule has 0 radical (unpaired) electrons. The van der Waals surface area contributed by atoms with E-state index in [4.69, 9.17) is 5.73 Å². The largest absolute Gasteiger partial charge is 0.396 e. The van der Waals surface area contributed by atoms with Gasteiger partial charge in [0.2, 0.25) is 15.9 Å². The smallest absolute Gasteiger partial charge is 0.248 e. The molecule has 0 aliphatic carbocycles. The minimum Gasteiger partial charge on any atom is -0.396 e. The molecule has 1 aromatic rings. The van der Waals surface area contributed by atoms with Crippen LogP contribution in [0, 0.1) is 5.41 Å². The molecule has 3 rings (SSSR count). The van der Waals surface area contributed by atoms with Crippen molar-refractivity contribution in [2.24, 2.45) is 11.1 Å². The predicted molar refractivity (Wildman–Crippen MR) is 93.5 cm³/mol. The second-order valence-electron chi connectivity index (χ2n) is 7.12. The number of aliphatic hydroxyl groups excluding tert-OH is 1. The first kappa shape index (κ1) is 18.3. The van der Waals surface area contributed by atoms with E-state index in [1.165, 1.54) is 28.6 Å². The lowest BCUT2D eigenvalue weighted by Gasteiger charge is -2.53. The first-order chi connectivity index (χ1) is 11.8. The summed E-state index contributed by atoms with van der Waals surface area (Å²) in [5.41, 5.74) is 5.27. The molecule has 2 saturated heterocycles. The Labute approximate surface area is 148 Å². The van der Waals surface area contributed by atoms with Crippen LogP contribution in [0.1, 0.15) is 29.6 Å². The van der Waals surface area contributed by atoms with E-state index in [0.29, 0.717) is 19.5 Å². The van der Waals surface area contributed by atoms with Crippen LogP contribution in [-0.2, 0) is 10.0 Å². The highest BCUT2D eigenvalue weighted by Crippen LogP contribution is 2.42. The quantitative estimate of drug-likeness (QED) is 0.794. The number of benzene rings is 1. The van der Waals surface area contributed by atoms with Crippen molar-refractivity contribution in [1.82, 2.24) is 9.21 Å². The van der Waals surface area contributed by atoms with Gasteiger partial charge in [0.15, 0.2) is 0 Å². The number of sulfonamides is 1. The molecule has 2 atom stereocenters. The van der Waals surface area contributed by atoms with Crippen LogP contribution >= 0.6 is 0 Å². The van der Waals surface area contributed by atoms with Crippen LogP contribution in [0.3, 0.4) is 0 Å². The van der Waals surface area contributed by atoms with Crippen LogP contribution in [0.25, 0.3) is 0 Å². The average molecular weight is 367 g/mol. The molecule has 0 spiro atoms. The summed E-state index contributed by atoms with van der Waals surface area (Å²) in [4.78, 5) is 13.5. The van der Waals surface area contributed by atoms with Gasteiger partial charge in [-0.2, -0.15) is 4.31 Å². The maximum absolute atomic E-state index is 13.0. The van der Waals surface area contributed by atoms with E-state index >= 15 is 0 Å². The Morgan fingerprint density at radius 2 is 1.96 bits per heavy atom. The fourth-order valence-corrected chi connectivity index (χ4v) is 5.60. The highest BCUT2D eigenvalue weighted by molar-refractivity contribution is 7.89. The number of carbonyl (C=O) groups excluding carboxylic acids is 1. The van der Waals surface area contributed by atoms with Crippen LogP contribution < -0.4 is 5.73 Å². The third-order valence-electron chi connectivity index (χ3n) is 5.75. The Bertz CT molecular complexity index is 750. The number of carbonyl (C=O) groups is 1. The predicted octanol–water partition coefficient (Wildman–Crippen LogP) is 0.253. The maximum atomic E-state index is 13.0. The highest BCUT2D eigenvalue weighted by Gasteiger charge is 2.48. The minimum atomic E-state index is -3.64. The number of hydrogen-bond acceptors (Lipinski definition) is 5. The molecule has 0 unspecified atom stereocenters.